The molecule has 338 valence electrons. The van der Waals surface area contributed by atoms with Gasteiger partial charge in [-0.25, -0.2) is 18.8 Å². The first-order chi connectivity index (χ1) is 28.8. The fourth-order valence-corrected chi connectivity index (χ4v) is 8.36. The van der Waals surface area contributed by atoms with Gasteiger partial charge in [-0.3, -0.25) is 9.88 Å². The SMILES string of the molecule is O=C(O)C(F)(F)F.O=C(O)C(F)(F)F.O=C(O)C(F)(F)F.O[C@H]1CN2CCC[C@@]2(COc2nc(N3CC4CCC(C4)C3)c3cnc(-c4cccc5cccc(Cl)c45)c(F)c3n2)C1. The molecule has 4 aliphatic rings. The Kier molecular flexibility index (Phi) is 14.3. The van der Waals surface area contributed by atoms with Gasteiger partial charge in [0.15, 0.2) is 5.82 Å². The van der Waals surface area contributed by atoms with Gasteiger partial charge < -0.3 is 30.1 Å². The van der Waals surface area contributed by atoms with Crippen LogP contribution < -0.4 is 9.64 Å². The molecule has 4 N–H and O–H groups in total. The summed E-state index contributed by atoms with van der Waals surface area (Å²) in [6.45, 7) is 3.79. The van der Waals surface area contributed by atoms with Crippen molar-refractivity contribution in [2.45, 2.75) is 68.7 Å². The van der Waals surface area contributed by atoms with Crippen molar-refractivity contribution in [3.8, 4) is 17.3 Å². The summed E-state index contributed by atoms with van der Waals surface area (Å²) in [6, 6.07) is 11.6. The number of alkyl halides is 9. The Bertz CT molecular complexity index is 2230. The number of aromatic nitrogens is 3. The number of pyridine rings is 1. The number of fused-ring (bicyclic) bond motifs is 5. The minimum Gasteiger partial charge on any atom is -0.475 e. The molecule has 2 unspecified atom stereocenters. The summed E-state index contributed by atoms with van der Waals surface area (Å²) in [7, 11) is 0. The maximum absolute atomic E-state index is 16.6. The van der Waals surface area contributed by atoms with Crippen LogP contribution in [0.1, 0.15) is 38.5 Å². The summed E-state index contributed by atoms with van der Waals surface area (Å²) >= 11 is 6.60. The van der Waals surface area contributed by atoms with Crippen molar-refractivity contribution in [3.05, 3.63) is 53.4 Å². The van der Waals surface area contributed by atoms with Crippen LogP contribution in [-0.2, 0) is 14.4 Å². The van der Waals surface area contributed by atoms with Crippen LogP contribution >= 0.6 is 11.6 Å². The number of benzene rings is 2. The average Bonchev–Trinajstić information content (AvgIpc) is 3.83. The summed E-state index contributed by atoms with van der Waals surface area (Å²) in [5, 5.41) is 34.6. The van der Waals surface area contributed by atoms with E-state index in [1.807, 2.05) is 36.4 Å². The normalized spacial score (nSPS) is 22.1. The number of halogens is 11. The van der Waals surface area contributed by atoms with Crippen LogP contribution in [0.25, 0.3) is 32.9 Å². The summed E-state index contributed by atoms with van der Waals surface area (Å²) in [5.41, 5.74) is 0.838. The molecule has 3 saturated heterocycles. The highest BCUT2D eigenvalue weighted by Gasteiger charge is 2.49. The number of rotatable bonds is 5. The number of anilines is 1. The van der Waals surface area contributed by atoms with E-state index < -0.39 is 42.3 Å². The highest BCUT2D eigenvalue weighted by molar-refractivity contribution is 6.36. The maximum atomic E-state index is 16.6. The minimum atomic E-state index is -5.08. The van der Waals surface area contributed by atoms with Gasteiger partial charge in [-0.2, -0.15) is 49.5 Å². The second kappa shape index (κ2) is 18.6. The molecule has 5 heterocycles. The molecule has 4 aromatic rings. The van der Waals surface area contributed by atoms with Crippen LogP contribution in [0.5, 0.6) is 6.01 Å². The van der Waals surface area contributed by atoms with Gasteiger partial charge in [0.2, 0.25) is 0 Å². The van der Waals surface area contributed by atoms with Gasteiger partial charge >= 0.3 is 42.4 Å². The molecule has 2 bridgehead atoms. The average molecular weight is 916 g/mol. The Balaban J connectivity index is 0.000000287. The molecular weight excluding hydrogens is 880 g/mol. The topological polar surface area (TPSA) is 187 Å². The van der Waals surface area contributed by atoms with Crippen molar-refractivity contribution in [2.24, 2.45) is 11.8 Å². The fourth-order valence-electron chi connectivity index (χ4n) is 8.08. The first-order valence-electron chi connectivity index (χ1n) is 18.6. The third-order valence-electron chi connectivity index (χ3n) is 10.6. The number of ether oxygens (including phenoxy) is 1. The van der Waals surface area contributed by atoms with Gasteiger partial charge in [0, 0.05) is 41.8 Å². The molecule has 24 heteroatoms. The Morgan fingerprint density at radius 3 is 1.94 bits per heavy atom. The second-order valence-corrected chi connectivity index (χ2v) is 15.3. The quantitative estimate of drug-likeness (QED) is 0.143. The number of carboxylic acid groups (broad SMARTS) is 3. The van der Waals surface area contributed by atoms with Gasteiger partial charge in [-0.05, 0) is 68.4 Å². The minimum absolute atomic E-state index is 0.181. The number of hydrogen-bond acceptors (Lipinski definition) is 10. The van der Waals surface area contributed by atoms with Crippen molar-refractivity contribution < 1.29 is 83.5 Å². The molecule has 62 heavy (non-hydrogen) atoms. The maximum Gasteiger partial charge on any atom is 0.490 e. The van der Waals surface area contributed by atoms with Crippen molar-refractivity contribution >= 4 is 57.0 Å². The number of carboxylic acids is 3. The molecule has 0 spiro atoms. The molecule has 4 fully saturated rings. The van der Waals surface area contributed by atoms with E-state index in [1.165, 1.54) is 19.3 Å². The Morgan fingerprint density at radius 2 is 1.39 bits per heavy atom. The number of carbonyl (C=O) groups is 3. The Hall–Kier alpha value is -5.29. The molecule has 0 radical (unpaired) electrons. The Labute approximate surface area is 348 Å². The number of β-amino-alcohol motifs (C(OH)–C–C–N with tert-alkyl or cyclic N) is 1. The molecule has 0 amide bonds. The molecule has 1 saturated carbocycles. The number of aliphatic carboxylic acids is 3. The van der Waals surface area contributed by atoms with E-state index in [1.54, 1.807) is 6.20 Å². The van der Waals surface area contributed by atoms with Gasteiger partial charge in [-0.1, -0.05) is 41.9 Å². The first-order valence-corrected chi connectivity index (χ1v) is 18.9. The van der Waals surface area contributed by atoms with Crippen LogP contribution in [0.3, 0.4) is 0 Å². The smallest absolute Gasteiger partial charge is 0.475 e. The van der Waals surface area contributed by atoms with Crippen molar-refractivity contribution in [1.29, 1.82) is 0 Å². The van der Waals surface area contributed by atoms with Gasteiger partial charge in [-0.15, -0.1) is 0 Å². The van der Waals surface area contributed by atoms with Crippen LogP contribution in [0.4, 0.5) is 49.7 Å². The highest BCUT2D eigenvalue weighted by Crippen LogP contribution is 2.43. The molecule has 4 atom stereocenters. The number of aliphatic hydroxyl groups is 1. The molecule has 1 aliphatic carbocycles. The first kappa shape index (κ1) is 47.8. The lowest BCUT2D eigenvalue weighted by Crippen LogP contribution is -2.43. The highest BCUT2D eigenvalue weighted by atomic mass is 35.5. The van der Waals surface area contributed by atoms with Crippen molar-refractivity contribution in [3.63, 3.8) is 0 Å². The van der Waals surface area contributed by atoms with Crippen LogP contribution in [0.2, 0.25) is 5.02 Å². The van der Waals surface area contributed by atoms with E-state index in [0.29, 0.717) is 53.2 Å². The lowest BCUT2D eigenvalue weighted by Gasteiger charge is -2.34. The summed E-state index contributed by atoms with van der Waals surface area (Å²) in [4.78, 5) is 45.5. The zero-order chi connectivity index (χ0) is 45.9. The molecular formula is C38H36ClF10N5O8. The van der Waals surface area contributed by atoms with Crippen LogP contribution in [0, 0.1) is 17.7 Å². The van der Waals surface area contributed by atoms with Gasteiger partial charge in [0.05, 0.1) is 17.0 Å². The van der Waals surface area contributed by atoms with Crippen LogP contribution in [-0.4, -0.2) is 121 Å². The number of aliphatic hydroxyl groups excluding tert-OH is 1. The fraction of sp³-hybridized carbons (Fsp3) is 0.474. The molecule has 3 aliphatic heterocycles. The third-order valence-corrected chi connectivity index (χ3v) is 11.0. The standard InChI is InChI=1S/C32H33ClFN5O2.3C2HF3O2/c33-25-7-2-5-21-4-1-6-23(26(21)25)28-27(34)29-24(14-35-28)30(38-15-19-8-9-20(12-19)16-38)37-31(36-29)41-18-32-10-3-11-39(32)17-22(40)13-32;3*3-2(4,5)1(6)7/h1-2,4-7,14,19-20,22,40H,3,8-13,15-18H2;3*(H,6,7)/t19?,20?,22-,32+;;;/m1.../s1. The molecule has 2 aromatic heterocycles. The predicted molar refractivity (Wildman–Crippen MR) is 199 cm³/mol. The molecule has 13 nitrogen and oxygen atoms in total. The Morgan fingerprint density at radius 1 is 0.839 bits per heavy atom. The number of piperidine rings is 1. The molecule has 2 aromatic carbocycles. The van der Waals surface area contributed by atoms with E-state index in [-0.39, 0.29) is 28.9 Å². The van der Waals surface area contributed by atoms with Gasteiger partial charge in [0.1, 0.15) is 23.6 Å². The monoisotopic (exact) mass is 915 g/mol. The lowest BCUT2D eigenvalue weighted by atomic mass is 9.94. The van der Waals surface area contributed by atoms with Crippen molar-refractivity contribution in [1.82, 2.24) is 19.9 Å². The molecule has 8 rings (SSSR count). The zero-order valence-corrected chi connectivity index (χ0v) is 32.6. The second-order valence-electron chi connectivity index (χ2n) is 14.9. The zero-order valence-electron chi connectivity index (χ0n) is 31.9. The summed E-state index contributed by atoms with van der Waals surface area (Å²) in [6.07, 6.45) is -7.47. The van der Waals surface area contributed by atoms with E-state index in [2.05, 4.69) is 19.8 Å². The van der Waals surface area contributed by atoms with Gasteiger partial charge in [0.25, 0.3) is 0 Å². The predicted octanol–water partition coefficient (Wildman–Crippen LogP) is 7.75. The largest absolute Gasteiger partial charge is 0.490 e. The van der Waals surface area contributed by atoms with Crippen molar-refractivity contribution in [2.75, 3.05) is 37.7 Å². The van der Waals surface area contributed by atoms with E-state index in [0.717, 1.165) is 43.2 Å². The number of nitrogens with zero attached hydrogens (tertiary/aromatic N) is 5. The van der Waals surface area contributed by atoms with E-state index >= 15 is 4.39 Å². The summed E-state index contributed by atoms with van der Waals surface area (Å²) < 4.78 is 118. The van der Waals surface area contributed by atoms with E-state index in [9.17, 15) is 44.6 Å². The van der Waals surface area contributed by atoms with E-state index in [4.69, 9.17) is 51.0 Å². The van der Waals surface area contributed by atoms with Crippen LogP contribution in [0.15, 0.2) is 42.6 Å². The lowest BCUT2D eigenvalue weighted by molar-refractivity contribution is -0.193. The summed E-state index contributed by atoms with van der Waals surface area (Å²) in [5.74, 6) is -6.82. The number of hydrogen-bond donors (Lipinski definition) is 4. The third kappa shape index (κ3) is 11.2.